The summed E-state index contributed by atoms with van der Waals surface area (Å²) in [6, 6.07) is 7.67. The van der Waals surface area contributed by atoms with Gasteiger partial charge in [0, 0.05) is 25.8 Å². The van der Waals surface area contributed by atoms with Gasteiger partial charge in [-0.3, -0.25) is 0 Å². The summed E-state index contributed by atoms with van der Waals surface area (Å²) in [5, 5.41) is 3.36. The summed E-state index contributed by atoms with van der Waals surface area (Å²) in [6.45, 7) is 7.44. The predicted molar refractivity (Wildman–Crippen MR) is 77.1 cm³/mol. The second kappa shape index (κ2) is 9.64. The molecule has 0 aliphatic heterocycles. The zero-order valence-corrected chi connectivity index (χ0v) is 12.1. The van der Waals surface area contributed by atoms with Gasteiger partial charge in [-0.05, 0) is 38.9 Å². The third-order valence-electron chi connectivity index (χ3n) is 2.66. The molecule has 0 amide bonds. The highest BCUT2D eigenvalue weighted by atomic mass is 16.5. The van der Waals surface area contributed by atoms with Crippen molar-refractivity contribution in [1.82, 2.24) is 5.32 Å². The summed E-state index contributed by atoms with van der Waals surface area (Å²) in [5.74, 6) is 1.65. The topological polar surface area (TPSA) is 39.7 Å². The molecule has 108 valence electrons. The average molecular weight is 267 g/mol. The molecule has 0 saturated carbocycles. The van der Waals surface area contributed by atoms with Crippen LogP contribution in [-0.2, 0) is 4.74 Å². The summed E-state index contributed by atoms with van der Waals surface area (Å²) in [7, 11) is 1.66. The van der Waals surface area contributed by atoms with Crippen LogP contribution in [0.3, 0.4) is 0 Å². The number of benzene rings is 1. The lowest BCUT2D eigenvalue weighted by molar-refractivity contribution is 0.143. The van der Waals surface area contributed by atoms with E-state index in [1.165, 1.54) is 0 Å². The molecule has 0 aliphatic carbocycles. The maximum Gasteiger partial charge on any atom is 0.123 e. The van der Waals surface area contributed by atoms with Crippen LogP contribution in [0.1, 0.15) is 20.3 Å². The van der Waals surface area contributed by atoms with Crippen LogP contribution < -0.4 is 14.8 Å². The molecule has 19 heavy (non-hydrogen) atoms. The van der Waals surface area contributed by atoms with Gasteiger partial charge in [-0.25, -0.2) is 0 Å². The Kier molecular flexibility index (Phi) is 8.02. The van der Waals surface area contributed by atoms with Crippen LogP contribution in [-0.4, -0.2) is 39.5 Å². The molecule has 0 spiro atoms. The summed E-state index contributed by atoms with van der Waals surface area (Å²) >= 11 is 0. The quantitative estimate of drug-likeness (QED) is 0.661. The molecular weight excluding hydrogens is 242 g/mol. The summed E-state index contributed by atoms with van der Waals surface area (Å²) in [4.78, 5) is 0. The highest BCUT2D eigenvalue weighted by Crippen LogP contribution is 2.19. The van der Waals surface area contributed by atoms with Crippen LogP contribution in [0.15, 0.2) is 24.3 Å². The molecule has 1 aromatic carbocycles. The van der Waals surface area contributed by atoms with Crippen molar-refractivity contribution < 1.29 is 14.2 Å². The first-order chi connectivity index (χ1) is 9.26. The Labute approximate surface area is 116 Å². The molecule has 1 unspecified atom stereocenters. The number of hydrogen-bond donors (Lipinski definition) is 1. The van der Waals surface area contributed by atoms with E-state index in [1.807, 2.05) is 31.2 Å². The van der Waals surface area contributed by atoms with Crippen LogP contribution in [0.5, 0.6) is 11.5 Å². The molecule has 0 saturated heterocycles. The van der Waals surface area contributed by atoms with Gasteiger partial charge in [0.25, 0.3) is 0 Å². The van der Waals surface area contributed by atoms with Gasteiger partial charge in [0.2, 0.25) is 0 Å². The number of methoxy groups -OCH3 is 1. The van der Waals surface area contributed by atoms with E-state index in [0.29, 0.717) is 0 Å². The summed E-state index contributed by atoms with van der Waals surface area (Å²) in [5.41, 5.74) is 0. The smallest absolute Gasteiger partial charge is 0.123 e. The van der Waals surface area contributed by atoms with Gasteiger partial charge < -0.3 is 19.5 Å². The van der Waals surface area contributed by atoms with Crippen LogP contribution in [0.4, 0.5) is 0 Å². The molecular formula is C15H25NO3. The molecule has 0 bridgehead atoms. The van der Waals surface area contributed by atoms with Gasteiger partial charge in [-0.15, -0.1) is 0 Å². The van der Waals surface area contributed by atoms with E-state index >= 15 is 0 Å². The molecule has 0 aliphatic rings. The van der Waals surface area contributed by atoms with Crippen molar-refractivity contribution in [3.63, 3.8) is 0 Å². The van der Waals surface area contributed by atoms with E-state index in [1.54, 1.807) is 7.11 Å². The van der Waals surface area contributed by atoms with Crippen molar-refractivity contribution in [2.24, 2.45) is 0 Å². The van der Waals surface area contributed by atoms with Crippen molar-refractivity contribution in [2.75, 3.05) is 33.4 Å². The predicted octanol–water partition coefficient (Wildman–Crippen LogP) is 2.48. The fraction of sp³-hybridized carbons (Fsp3) is 0.600. The van der Waals surface area contributed by atoms with E-state index in [2.05, 4.69) is 12.2 Å². The minimum absolute atomic E-state index is 0.124. The monoisotopic (exact) mass is 267 g/mol. The van der Waals surface area contributed by atoms with E-state index < -0.39 is 0 Å². The Morgan fingerprint density at radius 1 is 1.26 bits per heavy atom. The lowest BCUT2D eigenvalue weighted by atomic mass is 10.3. The fourth-order valence-electron chi connectivity index (χ4n) is 1.70. The highest BCUT2D eigenvalue weighted by Gasteiger charge is 2.04. The molecule has 1 rings (SSSR count). The molecule has 1 N–H and O–H groups in total. The Morgan fingerprint density at radius 3 is 2.79 bits per heavy atom. The third-order valence-corrected chi connectivity index (χ3v) is 2.66. The van der Waals surface area contributed by atoms with Crippen molar-refractivity contribution >= 4 is 0 Å². The SMILES string of the molecule is CCOCCCNCC(C)Oc1cccc(OC)c1. The largest absolute Gasteiger partial charge is 0.497 e. The number of rotatable bonds is 10. The minimum Gasteiger partial charge on any atom is -0.497 e. The summed E-state index contributed by atoms with van der Waals surface area (Å²) < 4.78 is 16.3. The second-order valence-electron chi connectivity index (χ2n) is 4.36. The molecule has 0 radical (unpaired) electrons. The molecule has 1 aromatic rings. The van der Waals surface area contributed by atoms with Gasteiger partial charge in [0.05, 0.1) is 7.11 Å². The van der Waals surface area contributed by atoms with E-state index in [9.17, 15) is 0 Å². The first-order valence-electron chi connectivity index (χ1n) is 6.85. The number of nitrogens with one attached hydrogen (secondary N) is 1. The molecule has 0 aromatic heterocycles. The molecule has 4 nitrogen and oxygen atoms in total. The molecule has 1 atom stereocenters. The Bertz CT molecular complexity index is 344. The first kappa shape index (κ1) is 15.8. The van der Waals surface area contributed by atoms with Crippen molar-refractivity contribution in [2.45, 2.75) is 26.4 Å². The van der Waals surface area contributed by atoms with E-state index in [0.717, 1.165) is 44.2 Å². The van der Waals surface area contributed by atoms with Gasteiger partial charge in [-0.2, -0.15) is 0 Å². The van der Waals surface area contributed by atoms with E-state index in [4.69, 9.17) is 14.2 Å². The zero-order chi connectivity index (χ0) is 13.9. The van der Waals surface area contributed by atoms with Gasteiger partial charge in [-0.1, -0.05) is 6.07 Å². The maximum absolute atomic E-state index is 5.81. The first-order valence-corrected chi connectivity index (χ1v) is 6.85. The second-order valence-corrected chi connectivity index (χ2v) is 4.36. The molecule has 0 heterocycles. The van der Waals surface area contributed by atoms with E-state index in [-0.39, 0.29) is 6.10 Å². The van der Waals surface area contributed by atoms with Crippen LogP contribution >= 0.6 is 0 Å². The number of hydrogen-bond acceptors (Lipinski definition) is 4. The van der Waals surface area contributed by atoms with Crippen molar-refractivity contribution in [3.05, 3.63) is 24.3 Å². The zero-order valence-electron chi connectivity index (χ0n) is 12.1. The fourth-order valence-corrected chi connectivity index (χ4v) is 1.70. The van der Waals surface area contributed by atoms with Crippen molar-refractivity contribution in [1.29, 1.82) is 0 Å². The average Bonchev–Trinajstić information content (AvgIpc) is 2.43. The Hall–Kier alpha value is -1.26. The van der Waals surface area contributed by atoms with Gasteiger partial charge in [0.15, 0.2) is 0 Å². The molecule has 0 fully saturated rings. The lowest BCUT2D eigenvalue weighted by Gasteiger charge is -2.16. The van der Waals surface area contributed by atoms with Crippen LogP contribution in [0.2, 0.25) is 0 Å². The standard InChI is InChI=1S/C15H25NO3/c1-4-18-10-6-9-16-12-13(2)19-15-8-5-7-14(11-15)17-3/h5,7-8,11,13,16H,4,6,9-10,12H2,1-3H3. The molecule has 4 heteroatoms. The lowest BCUT2D eigenvalue weighted by Crippen LogP contribution is -2.30. The van der Waals surface area contributed by atoms with Crippen LogP contribution in [0, 0.1) is 0 Å². The maximum atomic E-state index is 5.81. The van der Waals surface area contributed by atoms with Gasteiger partial charge in [0.1, 0.15) is 17.6 Å². The Morgan fingerprint density at radius 2 is 2.05 bits per heavy atom. The van der Waals surface area contributed by atoms with Crippen LogP contribution in [0.25, 0.3) is 0 Å². The normalized spacial score (nSPS) is 12.2. The minimum atomic E-state index is 0.124. The van der Waals surface area contributed by atoms with Gasteiger partial charge >= 0.3 is 0 Å². The van der Waals surface area contributed by atoms with Crippen molar-refractivity contribution in [3.8, 4) is 11.5 Å². The highest BCUT2D eigenvalue weighted by molar-refractivity contribution is 5.32. The Balaban J connectivity index is 2.17. The third kappa shape index (κ3) is 7.03. The number of ether oxygens (including phenoxy) is 3. The summed E-state index contributed by atoms with van der Waals surface area (Å²) in [6.07, 6.45) is 1.15.